The Bertz CT molecular complexity index is 456. The summed E-state index contributed by atoms with van der Waals surface area (Å²) in [6.45, 7) is 5.28. The van der Waals surface area contributed by atoms with Crippen LogP contribution in [0.15, 0.2) is 29.4 Å². The third kappa shape index (κ3) is 3.97. The Morgan fingerprint density at radius 1 is 1.30 bits per heavy atom. The van der Waals surface area contributed by atoms with Gasteiger partial charge in [0.25, 0.3) is 0 Å². The number of oxime groups is 1. The Hall–Kier alpha value is -1.55. The summed E-state index contributed by atoms with van der Waals surface area (Å²) in [5, 5.41) is 11.6. The van der Waals surface area contributed by atoms with E-state index in [2.05, 4.69) is 19.0 Å². The highest BCUT2D eigenvalue weighted by Gasteiger charge is 2.27. The van der Waals surface area contributed by atoms with E-state index in [9.17, 15) is 0 Å². The first-order valence-electron chi connectivity index (χ1n) is 7.19. The van der Waals surface area contributed by atoms with E-state index in [1.54, 1.807) is 0 Å². The van der Waals surface area contributed by atoms with Gasteiger partial charge in [0.2, 0.25) is 0 Å². The summed E-state index contributed by atoms with van der Waals surface area (Å²) in [5.74, 6) is 0.131. The van der Waals surface area contributed by atoms with Crippen molar-refractivity contribution in [3.05, 3.63) is 35.4 Å². The van der Waals surface area contributed by atoms with Gasteiger partial charge in [0.05, 0.1) is 12.7 Å². The van der Waals surface area contributed by atoms with Crippen LogP contribution in [0.2, 0.25) is 0 Å². The lowest BCUT2D eigenvalue weighted by Crippen LogP contribution is -2.26. The molecule has 3 N–H and O–H groups in total. The first kappa shape index (κ1) is 14.9. The van der Waals surface area contributed by atoms with Gasteiger partial charge in [-0.25, -0.2) is 0 Å². The number of hydrogen-bond acceptors (Lipinski definition) is 3. The number of rotatable bonds is 4. The molecule has 1 aromatic rings. The van der Waals surface area contributed by atoms with E-state index in [0.29, 0.717) is 18.1 Å². The molecule has 2 rings (SSSR count). The first-order chi connectivity index (χ1) is 9.50. The molecule has 0 saturated heterocycles. The second-order valence-electron chi connectivity index (χ2n) is 6.36. The smallest absolute Gasteiger partial charge is 0.170 e. The van der Waals surface area contributed by atoms with Gasteiger partial charge in [0.1, 0.15) is 0 Å². The lowest BCUT2D eigenvalue weighted by Gasteiger charge is -2.34. The summed E-state index contributed by atoms with van der Waals surface area (Å²) < 4.78 is 5.98. The lowest BCUT2D eigenvalue weighted by molar-refractivity contribution is -0.00558. The highest BCUT2D eigenvalue weighted by molar-refractivity contribution is 5.96. The predicted molar refractivity (Wildman–Crippen MR) is 79.8 cm³/mol. The number of hydrogen-bond donors (Lipinski definition) is 2. The van der Waals surface area contributed by atoms with E-state index in [1.165, 1.54) is 12.8 Å². The average Bonchev–Trinajstić information content (AvgIpc) is 2.46. The van der Waals surface area contributed by atoms with Gasteiger partial charge in [0.15, 0.2) is 5.84 Å². The van der Waals surface area contributed by atoms with Crippen molar-refractivity contribution in [2.45, 2.75) is 52.2 Å². The maximum Gasteiger partial charge on any atom is 0.170 e. The molecule has 1 fully saturated rings. The first-order valence-corrected chi connectivity index (χ1v) is 7.19. The van der Waals surface area contributed by atoms with Gasteiger partial charge in [-0.2, -0.15) is 0 Å². The standard InChI is InChI=1S/C16H24N2O2/c1-16(2)9-7-14(8-10-16)20-11-12-3-5-13(6-4-12)15(17)18-19/h3-6,14,19H,7-11H2,1-2H3,(H2,17,18). The fraction of sp³-hybridized carbons (Fsp3) is 0.562. The largest absolute Gasteiger partial charge is 0.409 e. The molecule has 1 aliphatic rings. The van der Waals surface area contributed by atoms with Crippen LogP contribution in [0.5, 0.6) is 0 Å². The molecule has 4 heteroatoms. The number of nitrogens with two attached hydrogens (primary N) is 1. The summed E-state index contributed by atoms with van der Waals surface area (Å²) in [6.07, 6.45) is 5.15. The molecule has 0 bridgehead atoms. The van der Waals surface area contributed by atoms with E-state index in [-0.39, 0.29) is 5.84 Å². The molecule has 1 aliphatic carbocycles. The van der Waals surface area contributed by atoms with E-state index in [1.807, 2.05) is 24.3 Å². The third-order valence-corrected chi connectivity index (χ3v) is 4.13. The van der Waals surface area contributed by atoms with E-state index < -0.39 is 0 Å². The Balaban J connectivity index is 1.83. The molecule has 0 atom stereocenters. The van der Waals surface area contributed by atoms with Gasteiger partial charge >= 0.3 is 0 Å². The van der Waals surface area contributed by atoms with Gasteiger partial charge in [-0.1, -0.05) is 43.3 Å². The van der Waals surface area contributed by atoms with Crippen LogP contribution in [-0.4, -0.2) is 17.1 Å². The summed E-state index contributed by atoms with van der Waals surface area (Å²) in [5.41, 5.74) is 7.84. The molecule has 0 aromatic heterocycles. The number of ether oxygens (including phenoxy) is 1. The van der Waals surface area contributed by atoms with Crippen molar-refractivity contribution in [1.29, 1.82) is 0 Å². The van der Waals surface area contributed by atoms with Gasteiger partial charge in [-0.3, -0.25) is 0 Å². The van der Waals surface area contributed by atoms with E-state index in [0.717, 1.165) is 24.0 Å². The molecule has 0 amide bonds. The second kappa shape index (κ2) is 6.27. The normalized spacial score (nSPS) is 20.0. The Labute approximate surface area is 120 Å². The zero-order chi connectivity index (χ0) is 14.6. The average molecular weight is 276 g/mol. The number of amidine groups is 1. The zero-order valence-corrected chi connectivity index (χ0v) is 12.3. The molecule has 20 heavy (non-hydrogen) atoms. The fourth-order valence-electron chi connectivity index (χ4n) is 2.58. The highest BCUT2D eigenvalue weighted by Crippen LogP contribution is 2.36. The second-order valence-corrected chi connectivity index (χ2v) is 6.36. The maximum absolute atomic E-state index is 8.61. The fourth-order valence-corrected chi connectivity index (χ4v) is 2.58. The molecule has 0 heterocycles. The maximum atomic E-state index is 8.61. The molecule has 4 nitrogen and oxygen atoms in total. The number of benzene rings is 1. The van der Waals surface area contributed by atoms with Crippen LogP contribution in [0.25, 0.3) is 0 Å². The SMILES string of the molecule is CC1(C)CCC(OCc2ccc(/C(N)=N/O)cc2)CC1. The van der Waals surface area contributed by atoms with Crippen molar-refractivity contribution in [1.82, 2.24) is 0 Å². The molecule has 1 saturated carbocycles. The predicted octanol–water partition coefficient (Wildman–Crippen LogP) is 3.27. The van der Waals surface area contributed by atoms with Crippen molar-refractivity contribution in [3.63, 3.8) is 0 Å². The molecule has 110 valence electrons. The van der Waals surface area contributed by atoms with Crippen LogP contribution in [0.1, 0.15) is 50.7 Å². The summed E-state index contributed by atoms with van der Waals surface area (Å²) in [7, 11) is 0. The van der Waals surface area contributed by atoms with Gasteiger partial charge in [-0.15, -0.1) is 0 Å². The van der Waals surface area contributed by atoms with Gasteiger partial charge < -0.3 is 15.7 Å². The van der Waals surface area contributed by atoms with Crippen LogP contribution in [0, 0.1) is 5.41 Å². The number of nitrogens with zero attached hydrogens (tertiary/aromatic N) is 1. The minimum Gasteiger partial charge on any atom is -0.409 e. The van der Waals surface area contributed by atoms with Crippen LogP contribution in [0.4, 0.5) is 0 Å². The quantitative estimate of drug-likeness (QED) is 0.384. The minimum atomic E-state index is 0.131. The molecule has 0 aliphatic heterocycles. The Morgan fingerprint density at radius 2 is 1.90 bits per heavy atom. The summed E-state index contributed by atoms with van der Waals surface area (Å²) >= 11 is 0. The van der Waals surface area contributed by atoms with Crippen LogP contribution in [0.3, 0.4) is 0 Å². The third-order valence-electron chi connectivity index (χ3n) is 4.13. The van der Waals surface area contributed by atoms with Crippen molar-refractivity contribution in [3.8, 4) is 0 Å². The van der Waals surface area contributed by atoms with Crippen LogP contribution < -0.4 is 5.73 Å². The monoisotopic (exact) mass is 276 g/mol. The Kier molecular flexibility index (Phi) is 4.65. The van der Waals surface area contributed by atoms with Crippen LogP contribution in [-0.2, 0) is 11.3 Å². The molecule has 0 radical (unpaired) electrons. The summed E-state index contributed by atoms with van der Waals surface area (Å²) in [6, 6.07) is 7.61. The molecule has 0 unspecified atom stereocenters. The van der Waals surface area contributed by atoms with Gasteiger partial charge in [0, 0.05) is 5.56 Å². The highest BCUT2D eigenvalue weighted by atomic mass is 16.5. The molecular formula is C16H24N2O2. The van der Waals surface area contributed by atoms with E-state index in [4.69, 9.17) is 15.7 Å². The van der Waals surface area contributed by atoms with Crippen molar-refractivity contribution in [2.75, 3.05) is 0 Å². The van der Waals surface area contributed by atoms with Gasteiger partial charge in [-0.05, 0) is 36.7 Å². The van der Waals surface area contributed by atoms with Crippen LogP contribution >= 0.6 is 0 Å². The Morgan fingerprint density at radius 3 is 2.45 bits per heavy atom. The van der Waals surface area contributed by atoms with Crippen molar-refractivity contribution in [2.24, 2.45) is 16.3 Å². The summed E-state index contributed by atoms with van der Waals surface area (Å²) in [4.78, 5) is 0. The topological polar surface area (TPSA) is 67.8 Å². The van der Waals surface area contributed by atoms with Crippen molar-refractivity contribution >= 4 is 5.84 Å². The minimum absolute atomic E-state index is 0.131. The van der Waals surface area contributed by atoms with E-state index >= 15 is 0 Å². The van der Waals surface area contributed by atoms with Crippen molar-refractivity contribution < 1.29 is 9.94 Å². The molecular weight excluding hydrogens is 252 g/mol. The lowest BCUT2D eigenvalue weighted by atomic mass is 9.76. The zero-order valence-electron chi connectivity index (χ0n) is 12.3. The molecule has 0 spiro atoms. The molecule has 1 aromatic carbocycles.